The number of anilines is 1. The molecule has 0 aliphatic carbocycles. The first-order valence-electron chi connectivity index (χ1n) is 8.07. The number of hydrogen-bond donors (Lipinski definition) is 1. The fraction of sp³-hybridized carbons (Fsp3) is 0.263. The number of benzene rings is 2. The van der Waals surface area contributed by atoms with E-state index in [4.69, 9.17) is 4.74 Å². The van der Waals surface area contributed by atoms with Gasteiger partial charge in [-0.25, -0.2) is 0 Å². The van der Waals surface area contributed by atoms with Crippen molar-refractivity contribution in [1.82, 2.24) is 4.90 Å². The third kappa shape index (κ3) is 1.43. The van der Waals surface area contributed by atoms with Crippen LogP contribution < -0.4 is 10.1 Å². The first-order valence-corrected chi connectivity index (χ1v) is 8.07. The molecule has 1 spiro atoms. The predicted molar refractivity (Wildman–Crippen MR) is 87.7 cm³/mol. The SMILES string of the molecule is CN1C[C@H]2C(=O)Oc3ccccc3[C@H]2[C@@]12C(=O)Nc1ccccc12. The van der Waals surface area contributed by atoms with Crippen LogP contribution in [0.5, 0.6) is 5.75 Å². The maximum atomic E-state index is 13.1. The molecule has 1 saturated heterocycles. The van der Waals surface area contributed by atoms with Gasteiger partial charge < -0.3 is 10.1 Å². The van der Waals surface area contributed by atoms with Gasteiger partial charge in [-0.05, 0) is 19.2 Å². The second kappa shape index (κ2) is 4.45. The lowest BCUT2D eigenvalue weighted by atomic mass is 9.71. The largest absolute Gasteiger partial charge is 0.426 e. The van der Waals surface area contributed by atoms with Gasteiger partial charge in [-0.3, -0.25) is 14.5 Å². The average molecular weight is 320 g/mol. The third-order valence-corrected chi connectivity index (χ3v) is 5.62. The molecule has 5 rings (SSSR count). The van der Waals surface area contributed by atoms with Crippen molar-refractivity contribution in [1.29, 1.82) is 0 Å². The van der Waals surface area contributed by atoms with Crippen LogP contribution in [0.25, 0.3) is 0 Å². The van der Waals surface area contributed by atoms with Gasteiger partial charge >= 0.3 is 5.97 Å². The Kier molecular flexibility index (Phi) is 2.55. The minimum atomic E-state index is -0.864. The molecule has 5 nitrogen and oxygen atoms in total. The topological polar surface area (TPSA) is 58.6 Å². The van der Waals surface area contributed by atoms with E-state index in [-0.39, 0.29) is 23.7 Å². The second-order valence-corrected chi connectivity index (χ2v) is 6.69. The molecule has 2 aromatic rings. The Morgan fingerprint density at radius 3 is 2.75 bits per heavy atom. The number of nitrogens with one attached hydrogen (secondary N) is 1. The van der Waals surface area contributed by atoms with Crippen LogP contribution in [0, 0.1) is 5.92 Å². The summed E-state index contributed by atoms with van der Waals surface area (Å²) in [5.74, 6) is -0.344. The number of carbonyl (C=O) groups excluding carboxylic acids is 2. The lowest BCUT2D eigenvalue weighted by molar-refractivity contribution is -0.140. The van der Waals surface area contributed by atoms with Crippen molar-refractivity contribution in [3.63, 3.8) is 0 Å². The third-order valence-electron chi connectivity index (χ3n) is 5.62. The lowest BCUT2D eigenvalue weighted by Crippen LogP contribution is -2.49. The lowest BCUT2D eigenvalue weighted by Gasteiger charge is -2.38. The van der Waals surface area contributed by atoms with Gasteiger partial charge in [0.15, 0.2) is 0 Å². The molecule has 1 fully saturated rings. The molecular weight excluding hydrogens is 304 g/mol. The number of nitrogens with zero attached hydrogens (tertiary/aromatic N) is 1. The van der Waals surface area contributed by atoms with E-state index in [1.807, 2.05) is 54.4 Å². The van der Waals surface area contributed by atoms with Crippen molar-refractivity contribution < 1.29 is 14.3 Å². The standard InChI is InChI=1S/C19H16N2O3/c1-21-10-12-16(11-6-2-5-9-15(11)24-17(12)22)19(21)13-7-3-4-8-14(13)20-18(19)23/h2-9,12,16H,10H2,1H3,(H,20,23)/t12-,16-,19+/m1/s1. The van der Waals surface area contributed by atoms with Crippen molar-refractivity contribution in [3.05, 3.63) is 59.7 Å². The molecular formula is C19H16N2O3. The van der Waals surface area contributed by atoms with Crippen molar-refractivity contribution in [2.24, 2.45) is 5.92 Å². The highest BCUT2D eigenvalue weighted by molar-refractivity contribution is 6.08. The van der Waals surface area contributed by atoms with Crippen molar-refractivity contribution >= 4 is 17.6 Å². The quantitative estimate of drug-likeness (QED) is 0.596. The number of ether oxygens (including phenoxy) is 1. The molecule has 5 heteroatoms. The molecule has 1 amide bonds. The summed E-state index contributed by atoms with van der Waals surface area (Å²) in [6, 6.07) is 15.3. The Balaban J connectivity index is 1.82. The number of likely N-dealkylation sites (tertiary alicyclic amines) is 1. The fourth-order valence-corrected chi connectivity index (χ4v) is 4.69. The number of carbonyl (C=O) groups is 2. The number of fused-ring (bicyclic) bond motifs is 6. The molecule has 3 atom stereocenters. The summed E-state index contributed by atoms with van der Waals surface area (Å²) >= 11 is 0. The van der Waals surface area contributed by atoms with Crippen LogP contribution in [-0.4, -0.2) is 30.4 Å². The first kappa shape index (κ1) is 13.7. The zero-order chi connectivity index (χ0) is 16.5. The summed E-state index contributed by atoms with van der Waals surface area (Å²) in [7, 11) is 1.91. The summed E-state index contributed by atoms with van der Waals surface area (Å²) in [6.07, 6.45) is 0. The highest BCUT2D eigenvalue weighted by atomic mass is 16.5. The van der Waals surface area contributed by atoms with Crippen molar-refractivity contribution in [2.75, 3.05) is 18.9 Å². The number of hydrogen-bond acceptors (Lipinski definition) is 4. The highest BCUT2D eigenvalue weighted by Crippen LogP contribution is 2.59. The molecule has 24 heavy (non-hydrogen) atoms. The molecule has 3 aliphatic rings. The van der Waals surface area contributed by atoms with E-state index in [9.17, 15) is 9.59 Å². The molecule has 1 N–H and O–H groups in total. The minimum Gasteiger partial charge on any atom is -0.426 e. The Morgan fingerprint density at radius 2 is 1.88 bits per heavy atom. The fourth-order valence-electron chi connectivity index (χ4n) is 4.69. The average Bonchev–Trinajstić information content (AvgIpc) is 3.06. The van der Waals surface area contributed by atoms with Gasteiger partial charge in [0.2, 0.25) is 5.91 Å². The zero-order valence-electron chi connectivity index (χ0n) is 13.2. The van der Waals surface area contributed by atoms with E-state index in [1.54, 1.807) is 6.07 Å². The molecule has 120 valence electrons. The van der Waals surface area contributed by atoms with Crippen LogP contribution in [0.3, 0.4) is 0 Å². The van der Waals surface area contributed by atoms with Crippen LogP contribution in [0.4, 0.5) is 5.69 Å². The van der Waals surface area contributed by atoms with E-state index < -0.39 is 5.54 Å². The molecule has 3 heterocycles. The van der Waals surface area contributed by atoms with Gasteiger partial charge in [0.25, 0.3) is 0 Å². The summed E-state index contributed by atoms with van der Waals surface area (Å²) in [4.78, 5) is 27.7. The maximum absolute atomic E-state index is 13.1. The Morgan fingerprint density at radius 1 is 1.12 bits per heavy atom. The molecule has 0 radical (unpaired) electrons. The van der Waals surface area contributed by atoms with Crippen molar-refractivity contribution in [3.8, 4) is 5.75 Å². The van der Waals surface area contributed by atoms with E-state index >= 15 is 0 Å². The molecule has 0 aromatic heterocycles. The number of likely N-dealkylation sites (N-methyl/N-ethyl adjacent to an activating group) is 1. The normalized spacial score (nSPS) is 30.5. The van der Waals surface area contributed by atoms with Gasteiger partial charge in [0, 0.05) is 29.3 Å². The summed E-state index contributed by atoms with van der Waals surface area (Å²) in [5.41, 5.74) is 1.83. The molecule has 0 unspecified atom stereocenters. The monoisotopic (exact) mass is 320 g/mol. The molecule has 0 saturated carbocycles. The zero-order valence-corrected chi connectivity index (χ0v) is 13.2. The summed E-state index contributed by atoms with van der Waals surface area (Å²) in [6.45, 7) is 0.500. The predicted octanol–water partition coefficient (Wildman–Crippen LogP) is 2.10. The van der Waals surface area contributed by atoms with E-state index in [0.29, 0.717) is 12.3 Å². The highest BCUT2D eigenvalue weighted by Gasteiger charge is 2.65. The molecule has 0 bridgehead atoms. The number of rotatable bonds is 0. The van der Waals surface area contributed by atoms with E-state index in [0.717, 1.165) is 16.8 Å². The van der Waals surface area contributed by atoms with Crippen LogP contribution in [0.2, 0.25) is 0 Å². The van der Waals surface area contributed by atoms with E-state index in [2.05, 4.69) is 5.32 Å². The second-order valence-electron chi connectivity index (χ2n) is 6.69. The Labute approximate surface area is 139 Å². The number of para-hydroxylation sites is 2. The first-order chi connectivity index (χ1) is 11.6. The van der Waals surface area contributed by atoms with E-state index in [1.165, 1.54) is 0 Å². The number of amides is 1. The Hall–Kier alpha value is -2.66. The van der Waals surface area contributed by atoms with Gasteiger partial charge in [-0.15, -0.1) is 0 Å². The van der Waals surface area contributed by atoms with Crippen LogP contribution in [-0.2, 0) is 15.1 Å². The summed E-state index contributed by atoms with van der Waals surface area (Å²) < 4.78 is 5.52. The van der Waals surface area contributed by atoms with Crippen molar-refractivity contribution in [2.45, 2.75) is 11.5 Å². The molecule has 3 aliphatic heterocycles. The van der Waals surface area contributed by atoms with Gasteiger partial charge in [-0.1, -0.05) is 36.4 Å². The molecule has 2 aromatic carbocycles. The summed E-state index contributed by atoms with van der Waals surface area (Å²) in [5, 5.41) is 3.01. The van der Waals surface area contributed by atoms with Crippen LogP contribution in [0.15, 0.2) is 48.5 Å². The van der Waals surface area contributed by atoms with Gasteiger partial charge in [0.1, 0.15) is 11.3 Å². The Bertz CT molecular complexity index is 894. The number of esters is 1. The smallest absolute Gasteiger partial charge is 0.316 e. The van der Waals surface area contributed by atoms with Gasteiger partial charge in [0.05, 0.1) is 5.92 Å². The van der Waals surface area contributed by atoms with Gasteiger partial charge in [-0.2, -0.15) is 0 Å². The maximum Gasteiger partial charge on any atom is 0.316 e. The van der Waals surface area contributed by atoms with Crippen LogP contribution in [0.1, 0.15) is 17.0 Å². The van der Waals surface area contributed by atoms with Crippen LogP contribution >= 0.6 is 0 Å². The minimum absolute atomic E-state index is 0.0665.